The Bertz CT molecular complexity index is 435. The Morgan fingerprint density at radius 1 is 1.40 bits per heavy atom. The molecule has 1 N–H and O–H groups in total. The molecule has 0 heterocycles. The molecule has 0 spiro atoms. The van der Waals surface area contributed by atoms with Crippen molar-refractivity contribution in [1.82, 2.24) is 5.32 Å². The fraction of sp³-hybridized carbons (Fsp3) is 0.647. The van der Waals surface area contributed by atoms with E-state index in [1.54, 1.807) is 0 Å². The molecule has 1 nitrogen and oxygen atoms in total. The van der Waals surface area contributed by atoms with Crippen LogP contribution in [-0.2, 0) is 0 Å². The molecule has 1 aliphatic carbocycles. The molecule has 112 valence electrons. The van der Waals surface area contributed by atoms with Crippen LogP contribution in [0.4, 0.5) is 0 Å². The Balaban J connectivity index is 2.24. The summed E-state index contributed by atoms with van der Waals surface area (Å²) in [7, 11) is 0. The van der Waals surface area contributed by atoms with Crippen LogP contribution in [0.2, 0.25) is 5.02 Å². The predicted molar refractivity (Wildman–Crippen MR) is 91.3 cm³/mol. The van der Waals surface area contributed by atoms with Crippen LogP contribution in [0, 0.1) is 11.8 Å². The largest absolute Gasteiger partial charge is 0.310 e. The van der Waals surface area contributed by atoms with E-state index < -0.39 is 0 Å². The molecule has 3 unspecified atom stereocenters. The molecule has 20 heavy (non-hydrogen) atoms. The Labute approximate surface area is 136 Å². The van der Waals surface area contributed by atoms with Crippen molar-refractivity contribution < 1.29 is 0 Å². The molecule has 0 saturated heterocycles. The first-order valence-corrected chi connectivity index (χ1v) is 8.97. The SMILES string of the molecule is CCCNC(c1cccc(Br)c1Cl)C1CCCC(C)C1. The third kappa shape index (κ3) is 3.99. The molecule has 1 aliphatic rings. The minimum Gasteiger partial charge on any atom is -0.310 e. The molecular weight excluding hydrogens is 334 g/mol. The zero-order valence-corrected chi connectivity index (χ0v) is 14.8. The number of nitrogens with one attached hydrogen (secondary N) is 1. The maximum Gasteiger partial charge on any atom is 0.0595 e. The van der Waals surface area contributed by atoms with Crippen LogP contribution in [0.15, 0.2) is 22.7 Å². The van der Waals surface area contributed by atoms with Gasteiger partial charge in [-0.25, -0.2) is 0 Å². The summed E-state index contributed by atoms with van der Waals surface area (Å²) < 4.78 is 1.00. The topological polar surface area (TPSA) is 12.0 Å². The van der Waals surface area contributed by atoms with E-state index in [9.17, 15) is 0 Å². The van der Waals surface area contributed by atoms with Crippen molar-refractivity contribution in [2.24, 2.45) is 11.8 Å². The summed E-state index contributed by atoms with van der Waals surface area (Å²) in [5.74, 6) is 1.54. The normalized spacial score (nSPS) is 24.6. The summed E-state index contributed by atoms with van der Waals surface area (Å²) in [4.78, 5) is 0. The van der Waals surface area contributed by atoms with E-state index in [4.69, 9.17) is 11.6 Å². The van der Waals surface area contributed by atoms with Crippen LogP contribution in [-0.4, -0.2) is 6.54 Å². The second-order valence-electron chi connectivity index (χ2n) is 6.11. The third-order valence-corrected chi connectivity index (χ3v) is 5.69. The number of benzene rings is 1. The average Bonchev–Trinajstić information content (AvgIpc) is 2.44. The molecule has 2 rings (SSSR count). The van der Waals surface area contributed by atoms with E-state index in [1.807, 2.05) is 6.07 Å². The van der Waals surface area contributed by atoms with E-state index in [1.165, 1.54) is 31.2 Å². The molecular formula is C17H25BrClN. The van der Waals surface area contributed by atoms with Crippen LogP contribution in [0.25, 0.3) is 0 Å². The Kier molecular flexibility index (Phi) is 6.38. The first-order chi connectivity index (χ1) is 9.63. The van der Waals surface area contributed by atoms with Gasteiger partial charge in [0.05, 0.1) is 5.02 Å². The third-order valence-electron chi connectivity index (χ3n) is 4.38. The van der Waals surface area contributed by atoms with Crippen molar-refractivity contribution in [2.75, 3.05) is 6.54 Å². The lowest BCUT2D eigenvalue weighted by atomic mass is 9.76. The van der Waals surface area contributed by atoms with Gasteiger partial charge in [0.25, 0.3) is 0 Å². The number of hydrogen-bond acceptors (Lipinski definition) is 1. The summed E-state index contributed by atoms with van der Waals surface area (Å²) in [5.41, 5.74) is 1.26. The van der Waals surface area contributed by atoms with Gasteiger partial charge in [-0.3, -0.25) is 0 Å². The first kappa shape index (κ1) is 16.3. The zero-order valence-electron chi connectivity index (χ0n) is 12.5. The molecule has 1 aromatic rings. The quantitative estimate of drug-likeness (QED) is 0.683. The van der Waals surface area contributed by atoms with E-state index in [0.717, 1.165) is 28.4 Å². The van der Waals surface area contributed by atoms with Crippen molar-refractivity contribution >= 4 is 27.5 Å². The monoisotopic (exact) mass is 357 g/mol. The van der Waals surface area contributed by atoms with Gasteiger partial charge in [0, 0.05) is 10.5 Å². The predicted octanol–water partition coefficient (Wildman–Crippen LogP) is 5.97. The van der Waals surface area contributed by atoms with Gasteiger partial charge in [0.1, 0.15) is 0 Å². The van der Waals surface area contributed by atoms with Gasteiger partial charge in [-0.05, 0) is 65.2 Å². The lowest BCUT2D eigenvalue weighted by Gasteiger charge is -2.34. The van der Waals surface area contributed by atoms with Crippen LogP contribution >= 0.6 is 27.5 Å². The van der Waals surface area contributed by atoms with Crippen molar-refractivity contribution in [3.63, 3.8) is 0 Å². The molecule has 0 aliphatic heterocycles. The minimum absolute atomic E-state index is 0.391. The standard InChI is InChI=1S/C17H25BrClN/c1-3-10-20-17(13-7-4-6-12(2)11-13)14-8-5-9-15(18)16(14)19/h5,8-9,12-13,17,20H,3-4,6-7,10-11H2,1-2H3. The average molecular weight is 359 g/mol. The molecule has 1 fully saturated rings. The maximum atomic E-state index is 6.54. The van der Waals surface area contributed by atoms with Crippen molar-refractivity contribution in [3.05, 3.63) is 33.3 Å². The number of rotatable bonds is 5. The van der Waals surface area contributed by atoms with Gasteiger partial charge in [-0.1, -0.05) is 50.4 Å². The number of halogens is 2. The van der Waals surface area contributed by atoms with E-state index in [0.29, 0.717) is 12.0 Å². The highest BCUT2D eigenvalue weighted by Crippen LogP contribution is 2.40. The fourth-order valence-corrected chi connectivity index (χ4v) is 4.00. The van der Waals surface area contributed by atoms with Gasteiger partial charge in [-0.15, -0.1) is 0 Å². The molecule has 3 atom stereocenters. The molecule has 0 aromatic heterocycles. The highest BCUT2D eigenvalue weighted by atomic mass is 79.9. The van der Waals surface area contributed by atoms with E-state index in [-0.39, 0.29) is 0 Å². The van der Waals surface area contributed by atoms with Crippen LogP contribution < -0.4 is 5.32 Å². The van der Waals surface area contributed by atoms with Crippen molar-refractivity contribution in [3.8, 4) is 0 Å². The van der Waals surface area contributed by atoms with E-state index >= 15 is 0 Å². The molecule has 0 bridgehead atoms. The number of hydrogen-bond donors (Lipinski definition) is 1. The van der Waals surface area contributed by atoms with Crippen molar-refractivity contribution in [2.45, 2.75) is 52.0 Å². The molecule has 0 radical (unpaired) electrons. The minimum atomic E-state index is 0.391. The lowest BCUT2D eigenvalue weighted by Crippen LogP contribution is -2.32. The molecule has 3 heteroatoms. The van der Waals surface area contributed by atoms with Gasteiger partial charge in [-0.2, -0.15) is 0 Å². The summed E-state index contributed by atoms with van der Waals surface area (Å²) in [6.45, 7) is 5.65. The zero-order chi connectivity index (χ0) is 14.5. The van der Waals surface area contributed by atoms with Gasteiger partial charge in [0.2, 0.25) is 0 Å². The molecule has 1 saturated carbocycles. The Hall–Kier alpha value is -0.0500. The van der Waals surface area contributed by atoms with Gasteiger partial charge < -0.3 is 5.32 Å². The van der Waals surface area contributed by atoms with E-state index in [2.05, 4.69) is 47.2 Å². The Morgan fingerprint density at radius 2 is 2.20 bits per heavy atom. The Morgan fingerprint density at radius 3 is 2.90 bits per heavy atom. The fourth-order valence-electron chi connectivity index (χ4n) is 3.37. The highest BCUT2D eigenvalue weighted by Gasteiger charge is 2.29. The maximum absolute atomic E-state index is 6.54. The second-order valence-corrected chi connectivity index (χ2v) is 7.34. The van der Waals surface area contributed by atoms with Crippen molar-refractivity contribution in [1.29, 1.82) is 0 Å². The van der Waals surface area contributed by atoms with Crippen LogP contribution in [0.1, 0.15) is 57.6 Å². The summed E-state index contributed by atoms with van der Waals surface area (Å²) >= 11 is 10.1. The smallest absolute Gasteiger partial charge is 0.0595 e. The van der Waals surface area contributed by atoms with Gasteiger partial charge in [0.15, 0.2) is 0 Å². The summed E-state index contributed by atoms with van der Waals surface area (Å²) in [6.07, 6.45) is 6.51. The van der Waals surface area contributed by atoms with Gasteiger partial charge >= 0.3 is 0 Å². The highest BCUT2D eigenvalue weighted by molar-refractivity contribution is 9.10. The summed E-state index contributed by atoms with van der Waals surface area (Å²) in [6, 6.07) is 6.69. The van der Waals surface area contributed by atoms with Crippen LogP contribution in [0.3, 0.4) is 0 Å². The van der Waals surface area contributed by atoms with Crippen LogP contribution in [0.5, 0.6) is 0 Å². The lowest BCUT2D eigenvalue weighted by molar-refractivity contribution is 0.224. The molecule has 1 aromatic carbocycles. The molecule has 0 amide bonds. The second kappa shape index (κ2) is 7.82. The summed E-state index contributed by atoms with van der Waals surface area (Å²) in [5, 5.41) is 4.61. The first-order valence-electron chi connectivity index (χ1n) is 7.80.